The van der Waals surface area contributed by atoms with Crippen molar-refractivity contribution in [3.63, 3.8) is 0 Å². The fourth-order valence-corrected chi connectivity index (χ4v) is 4.28. The van der Waals surface area contributed by atoms with Gasteiger partial charge in [-0.15, -0.1) is 0 Å². The second-order valence-electron chi connectivity index (χ2n) is 7.66. The van der Waals surface area contributed by atoms with Crippen molar-refractivity contribution >= 4 is 17.5 Å². The van der Waals surface area contributed by atoms with Crippen LogP contribution in [0.1, 0.15) is 46.0 Å². The highest BCUT2D eigenvalue weighted by Gasteiger charge is 2.38. The molecule has 1 aromatic heterocycles. The summed E-state index contributed by atoms with van der Waals surface area (Å²) in [6, 6.07) is 7.73. The maximum Gasteiger partial charge on any atom is 0.427 e. The van der Waals surface area contributed by atoms with Crippen LogP contribution in [0.25, 0.3) is 11.3 Å². The van der Waals surface area contributed by atoms with E-state index < -0.39 is 29.4 Å². The normalized spacial score (nSPS) is 11.6. The van der Waals surface area contributed by atoms with Crippen LogP contribution in [0.3, 0.4) is 0 Å². The van der Waals surface area contributed by atoms with Gasteiger partial charge in [0.15, 0.2) is 0 Å². The van der Waals surface area contributed by atoms with E-state index in [2.05, 4.69) is 4.37 Å². The molecule has 0 bridgehead atoms. The Balaban J connectivity index is 1.94. The first-order chi connectivity index (χ1) is 15.5. The summed E-state index contributed by atoms with van der Waals surface area (Å²) in [6.07, 6.45) is -3.74. The Labute approximate surface area is 193 Å². The van der Waals surface area contributed by atoms with Crippen LogP contribution >= 0.6 is 11.5 Å². The van der Waals surface area contributed by atoms with E-state index in [9.17, 15) is 22.4 Å². The summed E-state index contributed by atoms with van der Waals surface area (Å²) >= 11 is 0.274. The molecule has 0 aliphatic carbocycles. The minimum Gasteiger partial charge on any atom is -0.488 e. The molecule has 1 heterocycles. The van der Waals surface area contributed by atoms with Crippen LogP contribution in [0, 0.1) is 19.7 Å². The summed E-state index contributed by atoms with van der Waals surface area (Å²) in [6.45, 7) is 4.98. The number of benzene rings is 2. The number of carboxylic acid groups (broad SMARTS) is 1. The molecule has 1 N–H and O–H groups in total. The molecule has 0 spiro atoms. The van der Waals surface area contributed by atoms with Crippen molar-refractivity contribution in [2.75, 3.05) is 0 Å². The summed E-state index contributed by atoms with van der Waals surface area (Å²) in [5.41, 5.74) is 2.77. The monoisotopic (exact) mass is 481 g/mol. The summed E-state index contributed by atoms with van der Waals surface area (Å²) in [5, 5.41) is 8.89. The average Bonchev–Trinajstić information content (AvgIpc) is 3.18. The first-order valence-corrected chi connectivity index (χ1v) is 11.1. The van der Waals surface area contributed by atoms with Gasteiger partial charge in [0.1, 0.15) is 23.1 Å². The Hall–Kier alpha value is -2.94. The molecule has 2 aromatic carbocycles. The van der Waals surface area contributed by atoms with E-state index in [1.165, 1.54) is 12.1 Å². The highest BCUT2D eigenvalue weighted by molar-refractivity contribution is 7.06. The number of ether oxygens (including phenoxy) is 1. The van der Waals surface area contributed by atoms with Crippen molar-refractivity contribution in [1.82, 2.24) is 4.37 Å². The quantitative estimate of drug-likeness (QED) is 0.362. The number of carboxylic acids is 1. The van der Waals surface area contributed by atoms with Crippen LogP contribution in [0.15, 0.2) is 30.3 Å². The topological polar surface area (TPSA) is 59.4 Å². The highest BCUT2D eigenvalue weighted by atomic mass is 32.1. The molecule has 9 heteroatoms. The molecule has 0 amide bonds. The van der Waals surface area contributed by atoms with Crippen LogP contribution < -0.4 is 4.74 Å². The van der Waals surface area contributed by atoms with Crippen LogP contribution in [0.5, 0.6) is 5.75 Å². The number of alkyl halides is 3. The molecule has 3 aromatic rings. The number of aliphatic carboxylic acids is 1. The number of hydrogen-bond acceptors (Lipinski definition) is 4. The molecular formula is C24H23F4NO3S. The Kier molecular flexibility index (Phi) is 7.41. The van der Waals surface area contributed by atoms with Gasteiger partial charge >= 0.3 is 12.1 Å². The molecule has 0 unspecified atom stereocenters. The maximum atomic E-state index is 14.7. The number of carbonyl (C=O) groups is 1. The smallest absolute Gasteiger partial charge is 0.427 e. The molecule has 0 saturated carbocycles. The minimum absolute atomic E-state index is 0.00512. The van der Waals surface area contributed by atoms with Crippen LogP contribution in [0.2, 0.25) is 0 Å². The van der Waals surface area contributed by atoms with Crippen molar-refractivity contribution < 1.29 is 32.2 Å². The SMILES string of the molecule is CCc1ccc(-c2nsc(C(F)(F)F)c2COc2ccc(CCC(=O)O)c(C)c2C)c(F)c1. The number of aryl methyl sites for hydroxylation is 2. The third-order valence-electron chi connectivity index (χ3n) is 5.57. The standard InChI is InChI=1S/C24H23F4NO3S/c1-4-15-5-8-17(19(25)11-15)22-18(23(33-29-22)24(26,27)28)12-32-20-9-6-16(7-10-21(30)31)13(2)14(20)3/h5-6,8-9,11H,4,7,10,12H2,1-3H3,(H,30,31). The van der Waals surface area contributed by atoms with Crippen molar-refractivity contribution in [2.24, 2.45) is 0 Å². The lowest BCUT2D eigenvalue weighted by molar-refractivity contribution is -0.137. The van der Waals surface area contributed by atoms with Crippen LogP contribution in [-0.2, 0) is 30.4 Å². The molecule has 0 saturated heterocycles. The van der Waals surface area contributed by atoms with Crippen molar-refractivity contribution in [1.29, 1.82) is 0 Å². The van der Waals surface area contributed by atoms with Crippen LogP contribution in [-0.4, -0.2) is 15.4 Å². The molecule has 4 nitrogen and oxygen atoms in total. The zero-order chi connectivity index (χ0) is 24.3. The van der Waals surface area contributed by atoms with E-state index in [0.29, 0.717) is 24.2 Å². The Morgan fingerprint density at radius 1 is 1.15 bits per heavy atom. The average molecular weight is 482 g/mol. The lowest BCUT2D eigenvalue weighted by atomic mass is 9.99. The summed E-state index contributed by atoms with van der Waals surface area (Å²) < 4.78 is 65.3. The molecule has 0 aliphatic rings. The van der Waals surface area contributed by atoms with E-state index in [-0.39, 0.29) is 34.8 Å². The maximum absolute atomic E-state index is 14.7. The summed E-state index contributed by atoms with van der Waals surface area (Å²) in [7, 11) is 0. The number of aromatic nitrogens is 1. The number of halogens is 4. The Morgan fingerprint density at radius 2 is 1.88 bits per heavy atom. The third-order valence-corrected chi connectivity index (χ3v) is 6.51. The summed E-state index contributed by atoms with van der Waals surface area (Å²) in [5.74, 6) is -1.17. The number of rotatable bonds is 8. The van der Waals surface area contributed by atoms with Crippen molar-refractivity contribution in [3.8, 4) is 17.0 Å². The molecule has 33 heavy (non-hydrogen) atoms. The molecule has 0 radical (unpaired) electrons. The first-order valence-electron chi connectivity index (χ1n) is 10.3. The molecule has 0 fully saturated rings. The van der Waals surface area contributed by atoms with Gasteiger partial charge in [0.05, 0.1) is 5.69 Å². The minimum atomic E-state index is -4.65. The van der Waals surface area contributed by atoms with Gasteiger partial charge in [0, 0.05) is 17.5 Å². The summed E-state index contributed by atoms with van der Waals surface area (Å²) in [4.78, 5) is 9.92. The fraction of sp³-hybridized carbons (Fsp3) is 0.333. The zero-order valence-electron chi connectivity index (χ0n) is 18.3. The third kappa shape index (κ3) is 5.52. The van der Waals surface area contributed by atoms with E-state index >= 15 is 0 Å². The van der Waals surface area contributed by atoms with E-state index in [1.807, 2.05) is 13.8 Å². The number of hydrogen-bond donors (Lipinski definition) is 1. The van der Waals surface area contributed by atoms with Crippen LogP contribution in [0.4, 0.5) is 17.6 Å². The molecule has 176 valence electrons. The molecule has 0 aliphatic heterocycles. The fourth-order valence-electron chi connectivity index (χ4n) is 3.52. The van der Waals surface area contributed by atoms with Gasteiger partial charge < -0.3 is 9.84 Å². The van der Waals surface area contributed by atoms with Gasteiger partial charge in [-0.1, -0.05) is 19.1 Å². The second kappa shape index (κ2) is 9.91. The molecular weight excluding hydrogens is 458 g/mol. The molecule has 0 atom stereocenters. The first kappa shape index (κ1) is 24.7. The zero-order valence-corrected chi connectivity index (χ0v) is 19.2. The second-order valence-corrected chi connectivity index (χ2v) is 8.43. The van der Waals surface area contributed by atoms with Gasteiger partial charge in [0.25, 0.3) is 0 Å². The lowest BCUT2D eigenvalue weighted by Crippen LogP contribution is -2.09. The Morgan fingerprint density at radius 3 is 2.48 bits per heavy atom. The molecule has 3 rings (SSSR count). The lowest BCUT2D eigenvalue weighted by Gasteiger charge is -2.16. The largest absolute Gasteiger partial charge is 0.488 e. The van der Waals surface area contributed by atoms with E-state index in [0.717, 1.165) is 16.7 Å². The highest BCUT2D eigenvalue weighted by Crippen LogP contribution is 2.41. The van der Waals surface area contributed by atoms with Gasteiger partial charge in [-0.05, 0) is 78.7 Å². The van der Waals surface area contributed by atoms with Gasteiger partial charge in [-0.2, -0.15) is 17.5 Å². The van der Waals surface area contributed by atoms with Gasteiger partial charge in [-0.25, -0.2) is 4.39 Å². The van der Waals surface area contributed by atoms with Crippen molar-refractivity contribution in [3.05, 3.63) is 68.8 Å². The van der Waals surface area contributed by atoms with Gasteiger partial charge in [0.2, 0.25) is 0 Å². The van der Waals surface area contributed by atoms with E-state index in [4.69, 9.17) is 9.84 Å². The predicted molar refractivity (Wildman–Crippen MR) is 118 cm³/mol. The van der Waals surface area contributed by atoms with Gasteiger partial charge in [-0.3, -0.25) is 4.79 Å². The Bertz CT molecular complexity index is 1170. The predicted octanol–water partition coefficient (Wildman–Crippen LogP) is 6.74. The number of nitrogens with zero attached hydrogens (tertiary/aromatic N) is 1. The van der Waals surface area contributed by atoms with Crippen molar-refractivity contribution in [2.45, 2.75) is 52.8 Å². The van der Waals surface area contributed by atoms with E-state index in [1.54, 1.807) is 25.1 Å².